The van der Waals surface area contributed by atoms with E-state index >= 15 is 0 Å². The van der Waals surface area contributed by atoms with Crippen LogP contribution in [0.5, 0.6) is 0 Å². The lowest BCUT2D eigenvalue weighted by Crippen LogP contribution is -2.32. The second-order valence-corrected chi connectivity index (χ2v) is 8.37. The Kier molecular flexibility index (Phi) is 7.68. The van der Waals surface area contributed by atoms with Gasteiger partial charge in [0.25, 0.3) is 5.91 Å². The Morgan fingerprint density at radius 1 is 0.771 bits per heavy atom. The molecule has 0 fully saturated rings. The molecule has 0 spiro atoms. The van der Waals surface area contributed by atoms with Gasteiger partial charge in [-0.3, -0.25) is 4.79 Å². The van der Waals surface area contributed by atoms with Crippen molar-refractivity contribution in [3.63, 3.8) is 0 Å². The topological polar surface area (TPSA) is 57.6 Å². The number of carbonyl (C=O) groups is 2. The van der Waals surface area contributed by atoms with Crippen molar-refractivity contribution in [1.29, 1.82) is 0 Å². The fourth-order valence-electron chi connectivity index (χ4n) is 4.11. The van der Waals surface area contributed by atoms with E-state index in [1.807, 2.05) is 48.5 Å². The first-order chi connectivity index (χ1) is 17.0. The standard InChI is InChI=1S/C30H26FNO3/c31-26-12-6-11-25(20-26)29(33)32(19-7-10-22-8-2-1-3-9-22)21-23-15-17-24(18-16-23)27-13-4-5-14-28(27)30(34)35/h1-6,8-9,11-18,20H,7,10,19,21H2,(H,34,35). The largest absolute Gasteiger partial charge is 0.478 e. The van der Waals surface area contributed by atoms with Gasteiger partial charge in [0.1, 0.15) is 5.82 Å². The van der Waals surface area contributed by atoms with Gasteiger partial charge in [0.05, 0.1) is 5.56 Å². The predicted octanol–water partition coefficient (Wildman–Crippen LogP) is 6.47. The molecule has 0 aromatic heterocycles. The van der Waals surface area contributed by atoms with Gasteiger partial charge in [-0.05, 0) is 59.4 Å². The van der Waals surface area contributed by atoms with Crippen molar-refractivity contribution < 1.29 is 19.1 Å². The number of carboxylic acids is 1. The van der Waals surface area contributed by atoms with E-state index in [-0.39, 0.29) is 11.5 Å². The van der Waals surface area contributed by atoms with Gasteiger partial charge in [-0.2, -0.15) is 0 Å². The summed E-state index contributed by atoms with van der Waals surface area (Å²) < 4.78 is 13.8. The van der Waals surface area contributed by atoms with E-state index in [0.717, 1.165) is 24.0 Å². The van der Waals surface area contributed by atoms with Crippen LogP contribution in [0, 0.1) is 5.82 Å². The lowest BCUT2D eigenvalue weighted by Gasteiger charge is -2.23. The number of amides is 1. The average molecular weight is 468 g/mol. The molecule has 1 amide bonds. The van der Waals surface area contributed by atoms with Gasteiger partial charge in [-0.1, -0.05) is 78.9 Å². The molecular formula is C30H26FNO3. The van der Waals surface area contributed by atoms with Gasteiger partial charge in [-0.15, -0.1) is 0 Å². The van der Waals surface area contributed by atoms with E-state index < -0.39 is 11.8 Å². The molecule has 0 aliphatic heterocycles. The molecule has 176 valence electrons. The zero-order chi connectivity index (χ0) is 24.6. The highest BCUT2D eigenvalue weighted by atomic mass is 19.1. The van der Waals surface area contributed by atoms with Gasteiger partial charge in [0, 0.05) is 18.7 Å². The molecule has 0 aliphatic carbocycles. The molecule has 0 saturated heterocycles. The van der Waals surface area contributed by atoms with Crippen molar-refractivity contribution in [3.8, 4) is 11.1 Å². The normalized spacial score (nSPS) is 10.7. The first-order valence-electron chi connectivity index (χ1n) is 11.5. The Hall–Kier alpha value is -4.25. The molecule has 0 saturated carbocycles. The van der Waals surface area contributed by atoms with Crippen LogP contribution in [0.2, 0.25) is 0 Å². The lowest BCUT2D eigenvalue weighted by molar-refractivity contribution is 0.0696. The molecule has 1 N–H and O–H groups in total. The molecule has 5 heteroatoms. The van der Waals surface area contributed by atoms with E-state index in [4.69, 9.17) is 0 Å². The van der Waals surface area contributed by atoms with Gasteiger partial charge >= 0.3 is 5.97 Å². The van der Waals surface area contributed by atoms with Crippen LogP contribution < -0.4 is 0 Å². The molecule has 0 heterocycles. The van der Waals surface area contributed by atoms with Crippen molar-refractivity contribution in [2.45, 2.75) is 19.4 Å². The van der Waals surface area contributed by atoms with Crippen LogP contribution in [0.3, 0.4) is 0 Å². The Labute approximate surface area is 204 Å². The van der Waals surface area contributed by atoms with E-state index in [1.54, 1.807) is 35.2 Å². The van der Waals surface area contributed by atoms with Crippen molar-refractivity contribution in [2.24, 2.45) is 0 Å². The molecule has 4 aromatic carbocycles. The molecule has 0 aliphatic rings. The molecule has 4 aromatic rings. The summed E-state index contributed by atoms with van der Waals surface area (Å²) in [6, 6.07) is 30.2. The fourth-order valence-corrected chi connectivity index (χ4v) is 4.11. The van der Waals surface area contributed by atoms with E-state index in [0.29, 0.717) is 24.2 Å². The smallest absolute Gasteiger partial charge is 0.336 e. The highest BCUT2D eigenvalue weighted by molar-refractivity contribution is 5.96. The maximum Gasteiger partial charge on any atom is 0.336 e. The van der Waals surface area contributed by atoms with Crippen LogP contribution in [-0.4, -0.2) is 28.4 Å². The number of carbonyl (C=O) groups excluding carboxylic acids is 1. The summed E-state index contributed by atoms with van der Waals surface area (Å²) in [5.41, 5.74) is 4.10. The van der Waals surface area contributed by atoms with Gasteiger partial charge in [0.2, 0.25) is 0 Å². The van der Waals surface area contributed by atoms with Crippen LogP contribution in [0.1, 0.15) is 38.3 Å². The van der Waals surface area contributed by atoms with Crippen molar-refractivity contribution in [2.75, 3.05) is 6.54 Å². The van der Waals surface area contributed by atoms with E-state index in [1.165, 1.54) is 17.7 Å². The molecule has 0 atom stereocenters. The van der Waals surface area contributed by atoms with E-state index in [9.17, 15) is 19.1 Å². The number of rotatable bonds is 9. The van der Waals surface area contributed by atoms with Crippen LogP contribution in [0.15, 0.2) is 103 Å². The van der Waals surface area contributed by atoms with Gasteiger partial charge in [0.15, 0.2) is 0 Å². The van der Waals surface area contributed by atoms with Gasteiger partial charge < -0.3 is 10.0 Å². The number of aryl methyl sites for hydroxylation is 1. The minimum absolute atomic E-state index is 0.224. The SMILES string of the molecule is O=C(O)c1ccccc1-c1ccc(CN(CCCc2ccccc2)C(=O)c2cccc(F)c2)cc1. The summed E-state index contributed by atoms with van der Waals surface area (Å²) in [7, 11) is 0. The third kappa shape index (κ3) is 6.21. The maximum absolute atomic E-state index is 13.8. The highest BCUT2D eigenvalue weighted by Gasteiger charge is 2.17. The number of hydrogen-bond acceptors (Lipinski definition) is 2. The Bertz CT molecular complexity index is 1300. The average Bonchev–Trinajstić information content (AvgIpc) is 2.89. The third-order valence-corrected chi connectivity index (χ3v) is 5.89. The fraction of sp³-hybridized carbons (Fsp3) is 0.133. The number of halogens is 1. The molecule has 0 radical (unpaired) electrons. The molecular weight excluding hydrogens is 441 g/mol. The second kappa shape index (κ2) is 11.3. The Balaban J connectivity index is 1.53. The Morgan fingerprint density at radius 3 is 2.20 bits per heavy atom. The number of nitrogens with zero attached hydrogens (tertiary/aromatic N) is 1. The number of aromatic carboxylic acids is 1. The van der Waals surface area contributed by atoms with E-state index in [2.05, 4.69) is 12.1 Å². The molecule has 4 rings (SSSR count). The first kappa shape index (κ1) is 23.9. The van der Waals surface area contributed by atoms with Crippen LogP contribution >= 0.6 is 0 Å². The molecule has 4 nitrogen and oxygen atoms in total. The zero-order valence-electron chi connectivity index (χ0n) is 19.2. The number of hydrogen-bond donors (Lipinski definition) is 1. The summed E-state index contributed by atoms with van der Waals surface area (Å²) in [6.45, 7) is 0.888. The molecule has 0 unspecified atom stereocenters. The van der Waals surface area contributed by atoms with Crippen LogP contribution in [-0.2, 0) is 13.0 Å². The summed E-state index contributed by atoms with van der Waals surface area (Å²) in [5, 5.41) is 9.48. The highest BCUT2D eigenvalue weighted by Crippen LogP contribution is 2.25. The van der Waals surface area contributed by atoms with Crippen LogP contribution in [0.4, 0.5) is 4.39 Å². The van der Waals surface area contributed by atoms with Crippen molar-refractivity contribution in [1.82, 2.24) is 4.90 Å². The summed E-state index contributed by atoms with van der Waals surface area (Å²) in [6.07, 6.45) is 1.60. The monoisotopic (exact) mass is 467 g/mol. The summed E-state index contributed by atoms with van der Waals surface area (Å²) >= 11 is 0. The summed E-state index contributed by atoms with van der Waals surface area (Å²) in [5.74, 6) is -1.64. The van der Waals surface area contributed by atoms with Gasteiger partial charge in [-0.25, -0.2) is 9.18 Å². The lowest BCUT2D eigenvalue weighted by atomic mass is 9.98. The minimum Gasteiger partial charge on any atom is -0.478 e. The number of benzene rings is 4. The number of carboxylic acid groups (broad SMARTS) is 1. The Morgan fingerprint density at radius 2 is 1.49 bits per heavy atom. The van der Waals surface area contributed by atoms with Crippen LogP contribution in [0.25, 0.3) is 11.1 Å². The van der Waals surface area contributed by atoms with Crippen molar-refractivity contribution >= 4 is 11.9 Å². The quantitative estimate of drug-likeness (QED) is 0.307. The first-order valence-corrected chi connectivity index (χ1v) is 11.5. The maximum atomic E-state index is 13.8. The van der Waals surface area contributed by atoms with Crippen molar-refractivity contribution in [3.05, 3.63) is 131 Å². The minimum atomic E-state index is -0.977. The third-order valence-electron chi connectivity index (χ3n) is 5.89. The molecule has 35 heavy (non-hydrogen) atoms. The predicted molar refractivity (Wildman–Crippen MR) is 135 cm³/mol. The molecule has 0 bridgehead atoms. The second-order valence-electron chi connectivity index (χ2n) is 8.37. The summed E-state index contributed by atoms with van der Waals surface area (Å²) in [4.78, 5) is 26.6. The zero-order valence-corrected chi connectivity index (χ0v) is 19.2.